The van der Waals surface area contributed by atoms with Gasteiger partial charge in [0.25, 0.3) is 0 Å². The minimum absolute atomic E-state index is 0. The van der Waals surface area contributed by atoms with Crippen molar-refractivity contribution in [1.29, 1.82) is 0 Å². The van der Waals surface area contributed by atoms with Gasteiger partial charge >= 0.3 is 5.97 Å². The van der Waals surface area contributed by atoms with Gasteiger partial charge in [0.15, 0.2) is 0 Å². The monoisotopic (exact) mass is 236 g/mol. The van der Waals surface area contributed by atoms with Gasteiger partial charge in [-0.2, -0.15) is 0 Å². The molecule has 0 aromatic carbocycles. The average molecular weight is 237 g/mol. The minimum atomic E-state index is -0.944. The first-order valence-corrected chi connectivity index (χ1v) is 2.72. The first kappa shape index (κ1) is 9.68. The molecule has 1 aliphatic heterocycles. The molecule has 1 atom stereocenters. The number of hydrogen-bond acceptors (Lipinski definition) is 2. The molecular weight excluding hydrogens is 230 g/mol. The predicted octanol–water partition coefficient (Wildman–Crippen LogP) is -0.653. The number of carbonyl (C=O) groups is 2. The van der Waals surface area contributed by atoms with E-state index in [2.05, 4.69) is 5.32 Å². The van der Waals surface area contributed by atoms with Crippen molar-refractivity contribution in [2.45, 2.75) is 18.9 Å². The fourth-order valence-electron chi connectivity index (χ4n) is 0.799. The molecule has 5 heteroatoms. The van der Waals surface area contributed by atoms with Crippen molar-refractivity contribution in [2.75, 3.05) is 0 Å². The molecule has 0 saturated carbocycles. The van der Waals surface area contributed by atoms with Crippen LogP contribution < -0.4 is 5.32 Å². The SMILES string of the molecule is O=C1CC[C@@H](C(=O)O)N1.[Ag]. The van der Waals surface area contributed by atoms with E-state index in [1.54, 1.807) is 0 Å². The van der Waals surface area contributed by atoms with Gasteiger partial charge in [-0.15, -0.1) is 0 Å². The minimum Gasteiger partial charge on any atom is -0.480 e. The summed E-state index contributed by atoms with van der Waals surface area (Å²) in [5.74, 6) is -1.11. The van der Waals surface area contributed by atoms with Gasteiger partial charge in [0, 0.05) is 28.8 Å². The molecule has 1 amide bonds. The maximum absolute atomic E-state index is 10.4. The van der Waals surface area contributed by atoms with Crippen LogP contribution in [0.25, 0.3) is 0 Å². The Balaban J connectivity index is 0.000000810. The largest absolute Gasteiger partial charge is 0.480 e. The fourth-order valence-corrected chi connectivity index (χ4v) is 0.799. The number of carbonyl (C=O) groups excluding carboxylic acids is 1. The topological polar surface area (TPSA) is 66.4 Å². The number of carboxylic acids is 1. The van der Waals surface area contributed by atoms with E-state index < -0.39 is 12.0 Å². The standard InChI is InChI=1S/C5H7NO3.Ag/c7-4-2-1-3(6-4)5(8)9;/h3H,1-2H2,(H,6,7)(H,8,9);/t3-;/m0./s1. The summed E-state index contributed by atoms with van der Waals surface area (Å²) >= 11 is 0. The average Bonchev–Trinajstić information content (AvgIpc) is 2.14. The van der Waals surface area contributed by atoms with Crippen LogP contribution in [0.15, 0.2) is 0 Å². The Morgan fingerprint density at radius 1 is 1.70 bits per heavy atom. The maximum Gasteiger partial charge on any atom is 0.326 e. The van der Waals surface area contributed by atoms with Crippen LogP contribution in [0, 0.1) is 0 Å². The summed E-state index contributed by atoms with van der Waals surface area (Å²) < 4.78 is 0. The van der Waals surface area contributed by atoms with Gasteiger partial charge in [-0.05, 0) is 6.42 Å². The first-order valence-electron chi connectivity index (χ1n) is 2.72. The fraction of sp³-hybridized carbons (Fsp3) is 0.600. The summed E-state index contributed by atoms with van der Waals surface area (Å²) in [4.78, 5) is 20.5. The molecule has 1 heterocycles. The molecule has 1 fully saturated rings. The van der Waals surface area contributed by atoms with Crippen LogP contribution in [-0.2, 0) is 32.0 Å². The third-order valence-electron chi connectivity index (χ3n) is 1.29. The first-order chi connectivity index (χ1) is 4.20. The van der Waals surface area contributed by atoms with Crippen LogP contribution in [-0.4, -0.2) is 23.0 Å². The van der Waals surface area contributed by atoms with Crippen LogP contribution in [0.4, 0.5) is 0 Å². The zero-order chi connectivity index (χ0) is 6.85. The second-order valence-electron chi connectivity index (χ2n) is 2.00. The Hall–Kier alpha value is -0.320. The summed E-state index contributed by atoms with van der Waals surface area (Å²) in [5, 5.41) is 10.6. The summed E-state index contributed by atoms with van der Waals surface area (Å²) in [6.45, 7) is 0. The van der Waals surface area contributed by atoms with Gasteiger partial charge in [-0.1, -0.05) is 0 Å². The number of nitrogens with one attached hydrogen (secondary N) is 1. The molecule has 10 heavy (non-hydrogen) atoms. The van der Waals surface area contributed by atoms with Gasteiger partial charge in [0.1, 0.15) is 6.04 Å². The number of aliphatic carboxylic acids is 1. The van der Waals surface area contributed by atoms with E-state index in [0.29, 0.717) is 12.8 Å². The summed E-state index contributed by atoms with van der Waals surface area (Å²) in [6.07, 6.45) is 0.769. The van der Waals surface area contributed by atoms with Crippen molar-refractivity contribution in [3.8, 4) is 0 Å². The Morgan fingerprint density at radius 2 is 2.30 bits per heavy atom. The van der Waals surface area contributed by atoms with Gasteiger partial charge < -0.3 is 10.4 Å². The second-order valence-corrected chi connectivity index (χ2v) is 2.00. The van der Waals surface area contributed by atoms with Crippen LogP contribution in [0.5, 0.6) is 0 Å². The Labute approximate surface area is 73.5 Å². The van der Waals surface area contributed by atoms with E-state index in [4.69, 9.17) is 5.11 Å². The van der Waals surface area contributed by atoms with Crippen LogP contribution in [0.3, 0.4) is 0 Å². The Kier molecular flexibility index (Phi) is 3.63. The molecule has 0 unspecified atom stereocenters. The number of rotatable bonds is 1. The molecule has 61 valence electrons. The van der Waals surface area contributed by atoms with Crippen molar-refractivity contribution in [3.63, 3.8) is 0 Å². The van der Waals surface area contributed by atoms with Crippen molar-refractivity contribution in [3.05, 3.63) is 0 Å². The summed E-state index contributed by atoms with van der Waals surface area (Å²) in [6, 6.07) is -0.641. The molecule has 4 nitrogen and oxygen atoms in total. The second kappa shape index (κ2) is 3.75. The molecule has 1 saturated heterocycles. The number of amides is 1. The summed E-state index contributed by atoms with van der Waals surface area (Å²) in [5.41, 5.74) is 0. The predicted molar refractivity (Wildman–Crippen MR) is 28.8 cm³/mol. The molecule has 0 aliphatic carbocycles. The van der Waals surface area contributed by atoms with Crippen molar-refractivity contribution < 1.29 is 37.1 Å². The molecule has 0 aromatic heterocycles. The number of carboxylic acid groups (broad SMARTS) is 1. The molecule has 1 radical (unpaired) electrons. The normalized spacial score (nSPS) is 23.2. The van der Waals surface area contributed by atoms with Crippen molar-refractivity contribution >= 4 is 11.9 Å². The molecule has 1 rings (SSSR count). The zero-order valence-electron chi connectivity index (χ0n) is 5.06. The van der Waals surface area contributed by atoms with Gasteiger partial charge in [0.2, 0.25) is 5.91 Å². The van der Waals surface area contributed by atoms with Crippen LogP contribution in [0.2, 0.25) is 0 Å². The molecule has 2 N–H and O–H groups in total. The van der Waals surface area contributed by atoms with E-state index in [-0.39, 0.29) is 28.3 Å². The molecule has 0 bridgehead atoms. The number of hydrogen-bond donors (Lipinski definition) is 2. The summed E-state index contributed by atoms with van der Waals surface area (Å²) in [7, 11) is 0. The smallest absolute Gasteiger partial charge is 0.326 e. The molecule has 0 aromatic rings. The molecular formula is C5H7AgNO3. The van der Waals surface area contributed by atoms with Crippen molar-refractivity contribution in [1.82, 2.24) is 5.32 Å². The maximum atomic E-state index is 10.4. The van der Waals surface area contributed by atoms with E-state index in [0.717, 1.165) is 0 Å². The van der Waals surface area contributed by atoms with Gasteiger partial charge in [-0.25, -0.2) is 4.79 Å². The quantitative estimate of drug-likeness (QED) is 0.595. The van der Waals surface area contributed by atoms with E-state index in [9.17, 15) is 9.59 Å². The Morgan fingerprint density at radius 3 is 2.50 bits per heavy atom. The van der Waals surface area contributed by atoms with Crippen LogP contribution >= 0.6 is 0 Å². The van der Waals surface area contributed by atoms with E-state index >= 15 is 0 Å². The van der Waals surface area contributed by atoms with Crippen molar-refractivity contribution in [2.24, 2.45) is 0 Å². The Bertz CT molecular complexity index is 159. The van der Waals surface area contributed by atoms with Gasteiger partial charge in [-0.3, -0.25) is 4.79 Å². The molecule has 1 aliphatic rings. The third kappa shape index (κ3) is 2.13. The van der Waals surface area contributed by atoms with E-state index in [1.165, 1.54) is 0 Å². The third-order valence-corrected chi connectivity index (χ3v) is 1.29. The molecule has 0 spiro atoms. The van der Waals surface area contributed by atoms with Crippen LogP contribution in [0.1, 0.15) is 12.8 Å². The van der Waals surface area contributed by atoms with E-state index in [1.807, 2.05) is 0 Å². The zero-order valence-corrected chi connectivity index (χ0v) is 6.54. The van der Waals surface area contributed by atoms with Gasteiger partial charge in [0.05, 0.1) is 0 Å².